The summed E-state index contributed by atoms with van der Waals surface area (Å²) in [5.41, 5.74) is 1.87. The third kappa shape index (κ3) is 3.58. The Labute approximate surface area is 142 Å². The van der Waals surface area contributed by atoms with Gasteiger partial charge in [0.2, 0.25) is 0 Å². The molecule has 3 aromatic rings. The van der Waals surface area contributed by atoms with Gasteiger partial charge in [-0.3, -0.25) is 4.79 Å². The molecule has 0 amide bonds. The Morgan fingerprint density at radius 3 is 2.38 bits per heavy atom. The number of nitrogens with zero attached hydrogens (tertiary/aromatic N) is 1. The van der Waals surface area contributed by atoms with Crippen molar-refractivity contribution >= 4 is 16.8 Å². The van der Waals surface area contributed by atoms with Crippen LogP contribution in [0.15, 0.2) is 82.8 Å². The van der Waals surface area contributed by atoms with Gasteiger partial charge < -0.3 is 4.74 Å². The van der Waals surface area contributed by atoms with Gasteiger partial charge in [0, 0.05) is 13.1 Å². The van der Waals surface area contributed by atoms with Crippen LogP contribution >= 0.6 is 0 Å². The lowest BCUT2D eigenvalue weighted by atomic mass is 10.1. The Kier molecular flexibility index (Phi) is 4.82. The molecule has 1 aromatic heterocycles. The highest BCUT2D eigenvalue weighted by molar-refractivity contribution is 7.85. The number of hydrogen-bond acceptors (Lipinski definition) is 4. The number of esters is 1. The van der Waals surface area contributed by atoms with Crippen molar-refractivity contribution in [1.29, 1.82) is 0 Å². The summed E-state index contributed by atoms with van der Waals surface area (Å²) < 4.78 is 18.0. The fourth-order valence-electron chi connectivity index (χ4n) is 2.28. The standard InChI is InChI=1S/C19H15NO3S/c1-14(21)23-17-13-16(15-7-3-2-4-8-15)10-11-18(17)24(22)19-9-5-6-12-20-19/h2-13H,1H3. The van der Waals surface area contributed by atoms with Crippen LogP contribution in [0.25, 0.3) is 11.1 Å². The molecule has 0 N–H and O–H groups in total. The van der Waals surface area contributed by atoms with Gasteiger partial charge >= 0.3 is 5.97 Å². The first-order chi connectivity index (χ1) is 11.6. The molecule has 2 aromatic carbocycles. The topological polar surface area (TPSA) is 56.3 Å². The van der Waals surface area contributed by atoms with Gasteiger partial charge in [0.1, 0.15) is 21.6 Å². The Hall–Kier alpha value is -2.79. The highest BCUT2D eigenvalue weighted by atomic mass is 32.2. The van der Waals surface area contributed by atoms with Gasteiger partial charge in [-0.2, -0.15) is 0 Å². The highest BCUT2D eigenvalue weighted by Gasteiger charge is 2.16. The van der Waals surface area contributed by atoms with Crippen molar-refractivity contribution in [3.05, 3.63) is 72.9 Å². The van der Waals surface area contributed by atoms with E-state index in [2.05, 4.69) is 4.98 Å². The first-order valence-electron chi connectivity index (χ1n) is 7.36. The molecule has 0 spiro atoms. The smallest absolute Gasteiger partial charge is 0.308 e. The average molecular weight is 337 g/mol. The van der Waals surface area contributed by atoms with Crippen LogP contribution in [0.1, 0.15) is 6.92 Å². The average Bonchev–Trinajstić information content (AvgIpc) is 2.62. The van der Waals surface area contributed by atoms with Crippen molar-refractivity contribution in [3.63, 3.8) is 0 Å². The number of pyridine rings is 1. The molecule has 120 valence electrons. The molecule has 0 aliphatic rings. The fourth-order valence-corrected chi connectivity index (χ4v) is 3.33. The molecule has 5 heteroatoms. The third-order valence-corrected chi connectivity index (χ3v) is 4.69. The number of benzene rings is 2. The molecular weight excluding hydrogens is 322 g/mol. The minimum Gasteiger partial charge on any atom is -0.425 e. The summed E-state index contributed by atoms with van der Waals surface area (Å²) in [6.07, 6.45) is 1.58. The molecule has 3 rings (SSSR count). The number of aromatic nitrogens is 1. The Bertz CT molecular complexity index is 880. The lowest BCUT2D eigenvalue weighted by molar-refractivity contribution is -0.132. The van der Waals surface area contributed by atoms with Crippen LogP contribution in [0.5, 0.6) is 5.75 Å². The van der Waals surface area contributed by atoms with Gasteiger partial charge in [-0.15, -0.1) is 0 Å². The van der Waals surface area contributed by atoms with Crippen molar-refractivity contribution in [1.82, 2.24) is 4.98 Å². The summed E-state index contributed by atoms with van der Waals surface area (Å²) in [6.45, 7) is 1.32. The van der Waals surface area contributed by atoms with Crippen LogP contribution in [0.3, 0.4) is 0 Å². The Morgan fingerprint density at radius 1 is 0.958 bits per heavy atom. The van der Waals surface area contributed by atoms with E-state index in [4.69, 9.17) is 4.74 Å². The minimum absolute atomic E-state index is 0.285. The molecule has 0 aliphatic heterocycles. The molecular formula is C19H15NO3S. The lowest BCUT2D eigenvalue weighted by Gasteiger charge is -2.11. The summed E-state index contributed by atoms with van der Waals surface area (Å²) >= 11 is 0. The summed E-state index contributed by atoms with van der Waals surface area (Å²) in [5.74, 6) is -0.174. The summed E-state index contributed by atoms with van der Waals surface area (Å²) in [7, 11) is -1.53. The number of rotatable bonds is 4. The van der Waals surface area contributed by atoms with E-state index in [1.807, 2.05) is 36.4 Å². The van der Waals surface area contributed by atoms with Crippen molar-refractivity contribution in [2.45, 2.75) is 16.8 Å². The van der Waals surface area contributed by atoms with Gasteiger partial charge in [0.15, 0.2) is 0 Å². The third-order valence-electron chi connectivity index (χ3n) is 3.33. The summed E-state index contributed by atoms with van der Waals surface area (Å²) in [6, 6.07) is 20.2. The number of hydrogen-bond donors (Lipinski definition) is 0. The van der Waals surface area contributed by atoms with Crippen LogP contribution in [0, 0.1) is 0 Å². The Morgan fingerprint density at radius 2 is 1.71 bits per heavy atom. The van der Waals surface area contributed by atoms with Crippen molar-refractivity contribution in [2.24, 2.45) is 0 Å². The van der Waals surface area contributed by atoms with Crippen LogP contribution in [-0.2, 0) is 15.6 Å². The number of carbonyl (C=O) groups is 1. The SMILES string of the molecule is CC(=O)Oc1cc(-c2ccccc2)ccc1S(=O)c1ccccn1. The van der Waals surface area contributed by atoms with E-state index in [0.717, 1.165) is 11.1 Å². The van der Waals surface area contributed by atoms with Crippen LogP contribution in [-0.4, -0.2) is 15.2 Å². The van der Waals surface area contributed by atoms with E-state index in [-0.39, 0.29) is 5.75 Å². The van der Waals surface area contributed by atoms with E-state index in [1.165, 1.54) is 6.92 Å². The number of ether oxygens (including phenoxy) is 1. The molecule has 0 saturated carbocycles. The second kappa shape index (κ2) is 7.19. The molecule has 1 heterocycles. The predicted octanol–water partition coefficient (Wildman–Crippen LogP) is 3.84. The maximum atomic E-state index is 12.8. The summed E-state index contributed by atoms with van der Waals surface area (Å²) in [5, 5.41) is 0.415. The molecule has 0 saturated heterocycles. The maximum absolute atomic E-state index is 12.8. The van der Waals surface area contributed by atoms with Crippen LogP contribution in [0.4, 0.5) is 0 Å². The normalized spacial score (nSPS) is 11.7. The van der Waals surface area contributed by atoms with Crippen molar-refractivity contribution in [2.75, 3.05) is 0 Å². The van der Waals surface area contributed by atoms with E-state index >= 15 is 0 Å². The highest BCUT2D eigenvalue weighted by Crippen LogP contribution is 2.31. The second-order valence-corrected chi connectivity index (χ2v) is 6.45. The molecule has 24 heavy (non-hydrogen) atoms. The molecule has 0 aliphatic carbocycles. The van der Waals surface area contributed by atoms with E-state index < -0.39 is 16.8 Å². The molecule has 0 bridgehead atoms. The second-order valence-electron chi connectivity index (χ2n) is 5.06. The molecule has 1 unspecified atom stereocenters. The quantitative estimate of drug-likeness (QED) is 0.536. The Balaban J connectivity index is 2.06. The number of carbonyl (C=O) groups excluding carboxylic acids is 1. The first-order valence-corrected chi connectivity index (χ1v) is 8.51. The largest absolute Gasteiger partial charge is 0.425 e. The zero-order chi connectivity index (χ0) is 16.9. The maximum Gasteiger partial charge on any atom is 0.308 e. The minimum atomic E-state index is -1.53. The van der Waals surface area contributed by atoms with Gasteiger partial charge in [-0.05, 0) is 35.4 Å². The van der Waals surface area contributed by atoms with E-state index in [9.17, 15) is 9.00 Å². The van der Waals surface area contributed by atoms with Crippen molar-refractivity contribution in [3.8, 4) is 16.9 Å². The predicted molar refractivity (Wildman–Crippen MR) is 92.1 cm³/mol. The fraction of sp³-hybridized carbons (Fsp3) is 0.0526. The lowest BCUT2D eigenvalue weighted by Crippen LogP contribution is -2.06. The van der Waals surface area contributed by atoms with E-state index in [0.29, 0.717) is 9.92 Å². The monoisotopic (exact) mass is 337 g/mol. The van der Waals surface area contributed by atoms with Crippen LogP contribution < -0.4 is 4.74 Å². The zero-order valence-electron chi connectivity index (χ0n) is 13.0. The van der Waals surface area contributed by atoms with Crippen LogP contribution in [0.2, 0.25) is 0 Å². The zero-order valence-corrected chi connectivity index (χ0v) is 13.8. The molecule has 0 fully saturated rings. The van der Waals surface area contributed by atoms with Gasteiger partial charge in [0.25, 0.3) is 0 Å². The van der Waals surface area contributed by atoms with Gasteiger partial charge in [0.05, 0.1) is 4.90 Å². The molecule has 4 nitrogen and oxygen atoms in total. The van der Waals surface area contributed by atoms with Gasteiger partial charge in [-0.1, -0.05) is 42.5 Å². The molecule has 0 radical (unpaired) electrons. The van der Waals surface area contributed by atoms with Crippen molar-refractivity contribution < 1.29 is 13.7 Å². The summed E-state index contributed by atoms with van der Waals surface area (Å²) in [4.78, 5) is 16.0. The van der Waals surface area contributed by atoms with E-state index in [1.54, 1.807) is 36.5 Å². The van der Waals surface area contributed by atoms with Gasteiger partial charge in [-0.25, -0.2) is 9.19 Å². The molecule has 1 atom stereocenters. The first kappa shape index (κ1) is 16.1.